The molecule has 0 aliphatic heterocycles. The summed E-state index contributed by atoms with van der Waals surface area (Å²) in [4.78, 5) is 16.3. The van der Waals surface area contributed by atoms with E-state index >= 15 is 0 Å². The van der Waals surface area contributed by atoms with Gasteiger partial charge in [-0.05, 0) is 25.0 Å². The van der Waals surface area contributed by atoms with Gasteiger partial charge in [0.25, 0.3) is 0 Å². The van der Waals surface area contributed by atoms with Crippen LogP contribution in [0.1, 0.15) is 37.6 Å². The molecule has 1 amide bonds. The third-order valence-electron chi connectivity index (χ3n) is 3.33. The molecule has 0 aliphatic carbocycles. The quantitative estimate of drug-likeness (QED) is 0.681. The van der Waals surface area contributed by atoms with Crippen LogP contribution in [0.25, 0.3) is 10.2 Å². The minimum Gasteiger partial charge on any atom is -0.381 e. The molecule has 1 aromatic carbocycles. The van der Waals surface area contributed by atoms with E-state index in [1.807, 2.05) is 18.2 Å². The Balaban J connectivity index is 1.59. The van der Waals surface area contributed by atoms with Gasteiger partial charge < -0.3 is 10.1 Å². The van der Waals surface area contributed by atoms with Crippen molar-refractivity contribution in [3.63, 3.8) is 0 Å². The molecule has 1 N–H and O–H groups in total. The number of carbonyl (C=O) groups excluding carboxylic acids is 1. The Bertz CT molecular complexity index is 550. The molecule has 0 fully saturated rings. The van der Waals surface area contributed by atoms with E-state index in [0.717, 1.165) is 43.0 Å². The fraction of sp³-hybridized carbons (Fsp3) is 0.529. The Morgan fingerprint density at radius 2 is 2.09 bits per heavy atom. The Labute approximate surface area is 135 Å². The van der Waals surface area contributed by atoms with Gasteiger partial charge in [-0.1, -0.05) is 25.5 Å². The van der Waals surface area contributed by atoms with Crippen LogP contribution >= 0.6 is 11.3 Å². The number of carbonyl (C=O) groups is 1. The van der Waals surface area contributed by atoms with Crippen LogP contribution in [-0.2, 0) is 16.0 Å². The summed E-state index contributed by atoms with van der Waals surface area (Å²) in [6, 6.07) is 8.07. The van der Waals surface area contributed by atoms with E-state index in [4.69, 9.17) is 4.74 Å². The van der Waals surface area contributed by atoms with Crippen LogP contribution < -0.4 is 5.32 Å². The first-order chi connectivity index (χ1) is 10.8. The van der Waals surface area contributed by atoms with Crippen LogP contribution in [-0.4, -0.2) is 30.6 Å². The molecule has 0 atom stereocenters. The number of thiazole rings is 1. The summed E-state index contributed by atoms with van der Waals surface area (Å²) >= 11 is 1.67. The molecule has 0 saturated heterocycles. The number of nitrogens with zero attached hydrogens (tertiary/aromatic N) is 1. The fourth-order valence-electron chi connectivity index (χ4n) is 2.09. The number of unbranched alkanes of at least 4 members (excludes halogenated alkanes) is 1. The minimum atomic E-state index is 0.0906. The summed E-state index contributed by atoms with van der Waals surface area (Å²) in [7, 11) is 0. The molecule has 2 aromatic rings. The van der Waals surface area contributed by atoms with Crippen LogP contribution in [0.5, 0.6) is 0 Å². The molecular formula is C17H24N2O2S. The fourth-order valence-corrected chi connectivity index (χ4v) is 3.05. The number of benzene rings is 1. The first-order valence-corrected chi connectivity index (χ1v) is 8.80. The highest BCUT2D eigenvalue weighted by Crippen LogP contribution is 2.22. The van der Waals surface area contributed by atoms with Gasteiger partial charge in [0, 0.05) is 32.6 Å². The maximum Gasteiger partial charge on any atom is 0.220 e. The largest absolute Gasteiger partial charge is 0.381 e. The van der Waals surface area contributed by atoms with Gasteiger partial charge in [-0.3, -0.25) is 4.79 Å². The van der Waals surface area contributed by atoms with E-state index < -0.39 is 0 Å². The molecule has 120 valence electrons. The molecule has 0 radical (unpaired) electrons. The molecule has 0 aliphatic rings. The van der Waals surface area contributed by atoms with Crippen molar-refractivity contribution in [3.8, 4) is 0 Å². The van der Waals surface area contributed by atoms with Gasteiger partial charge >= 0.3 is 0 Å². The van der Waals surface area contributed by atoms with Crippen molar-refractivity contribution in [1.29, 1.82) is 0 Å². The standard InChI is InChI=1S/C17H24N2O2S/c1-2-3-12-21-13-6-11-18-16(20)9-10-17-19-14-7-4-5-8-15(14)22-17/h4-5,7-8H,2-3,6,9-13H2,1H3,(H,18,20). The Hall–Kier alpha value is -1.46. The molecule has 1 aromatic heterocycles. The molecule has 0 unspecified atom stereocenters. The SMILES string of the molecule is CCCCOCCCNC(=O)CCc1nc2ccccc2s1. The smallest absolute Gasteiger partial charge is 0.220 e. The van der Waals surface area contributed by atoms with Crippen LogP contribution in [0.3, 0.4) is 0 Å². The summed E-state index contributed by atoms with van der Waals surface area (Å²) in [6.45, 7) is 4.38. The van der Waals surface area contributed by atoms with Gasteiger partial charge in [0.2, 0.25) is 5.91 Å². The molecule has 1 heterocycles. The minimum absolute atomic E-state index is 0.0906. The van der Waals surface area contributed by atoms with Gasteiger partial charge in [0.1, 0.15) is 0 Å². The van der Waals surface area contributed by atoms with Crippen molar-refractivity contribution in [2.75, 3.05) is 19.8 Å². The van der Waals surface area contributed by atoms with Gasteiger partial charge in [-0.15, -0.1) is 11.3 Å². The van der Waals surface area contributed by atoms with Gasteiger partial charge in [-0.25, -0.2) is 4.98 Å². The molecule has 4 nitrogen and oxygen atoms in total. The van der Waals surface area contributed by atoms with Crippen LogP contribution in [0.4, 0.5) is 0 Å². The molecule has 0 spiro atoms. The highest BCUT2D eigenvalue weighted by molar-refractivity contribution is 7.18. The van der Waals surface area contributed by atoms with Crippen LogP contribution in [0.15, 0.2) is 24.3 Å². The molecule has 0 bridgehead atoms. The van der Waals surface area contributed by atoms with Crippen LogP contribution in [0, 0.1) is 0 Å². The number of aromatic nitrogens is 1. The highest BCUT2D eigenvalue weighted by atomic mass is 32.1. The highest BCUT2D eigenvalue weighted by Gasteiger charge is 2.06. The van der Waals surface area contributed by atoms with Gasteiger partial charge in [0.15, 0.2) is 0 Å². The third-order valence-corrected chi connectivity index (χ3v) is 4.43. The van der Waals surface area contributed by atoms with E-state index in [1.165, 1.54) is 4.70 Å². The van der Waals surface area contributed by atoms with Crippen molar-refractivity contribution >= 4 is 27.5 Å². The number of hydrogen-bond acceptors (Lipinski definition) is 4. The van der Waals surface area contributed by atoms with Crippen molar-refractivity contribution in [2.45, 2.75) is 39.0 Å². The van der Waals surface area contributed by atoms with Crippen molar-refractivity contribution < 1.29 is 9.53 Å². The zero-order valence-corrected chi connectivity index (χ0v) is 14.0. The molecule has 0 saturated carbocycles. The molecule has 22 heavy (non-hydrogen) atoms. The Morgan fingerprint density at radius 3 is 2.91 bits per heavy atom. The summed E-state index contributed by atoms with van der Waals surface area (Å²) in [5.74, 6) is 0.0906. The second-order valence-electron chi connectivity index (χ2n) is 5.24. The topological polar surface area (TPSA) is 51.2 Å². The van der Waals surface area contributed by atoms with Gasteiger partial charge in [0.05, 0.1) is 15.2 Å². The summed E-state index contributed by atoms with van der Waals surface area (Å²) in [5.41, 5.74) is 1.02. The van der Waals surface area contributed by atoms with Crippen molar-refractivity contribution in [1.82, 2.24) is 10.3 Å². The van der Waals surface area contributed by atoms with E-state index in [2.05, 4.69) is 23.3 Å². The van der Waals surface area contributed by atoms with Crippen molar-refractivity contribution in [3.05, 3.63) is 29.3 Å². The number of ether oxygens (including phenoxy) is 1. The van der Waals surface area contributed by atoms with E-state index in [-0.39, 0.29) is 5.91 Å². The predicted molar refractivity (Wildman–Crippen MR) is 91.3 cm³/mol. The zero-order chi connectivity index (χ0) is 15.6. The number of hydrogen-bond donors (Lipinski definition) is 1. The lowest BCUT2D eigenvalue weighted by atomic mass is 10.3. The molecular weight excluding hydrogens is 296 g/mol. The lowest BCUT2D eigenvalue weighted by Crippen LogP contribution is -2.25. The number of aryl methyl sites for hydroxylation is 1. The number of amides is 1. The normalized spacial score (nSPS) is 11.0. The summed E-state index contributed by atoms with van der Waals surface area (Å²) in [6.07, 6.45) is 4.34. The third kappa shape index (κ3) is 5.73. The van der Waals surface area contributed by atoms with Gasteiger partial charge in [-0.2, -0.15) is 0 Å². The lowest BCUT2D eigenvalue weighted by molar-refractivity contribution is -0.121. The number of fused-ring (bicyclic) bond motifs is 1. The Kier molecular flexibility index (Phi) is 7.33. The summed E-state index contributed by atoms with van der Waals surface area (Å²) in [5, 5.41) is 3.96. The Morgan fingerprint density at radius 1 is 1.27 bits per heavy atom. The first-order valence-electron chi connectivity index (χ1n) is 7.98. The van der Waals surface area contributed by atoms with E-state index in [1.54, 1.807) is 11.3 Å². The van der Waals surface area contributed by atoms with Crippen LogP contribution in [0.2, 0.25) is 0 Å². The zero-order valence-electron chi connectivity index (χ0n) is 13.1. The second kappa shape index (κ2) is 9.54. The molecule has 5 heteroatoms. The average Bonchev–Trinajstić information content (AvgIpc) is 2.95. The monoisotopic (exact) mass is 320 g/mol. The number of rotatable bonds is 10. The summed E-state index contributed by atoms with van der Waals surface area (Å²) < 4.78 is 6.64. The number of nitrogens with one attached hydrogen (secondary N) is 1. The average molecular weight is 320 g/mol. The molecule has 2 rings (SSSR count). The maximum atomic E-state index is 11.8. The van der Waals surface area contributed by atoms with E-state index in [0.29, 0.717) is 19.4 Å². The van der Waals surface area contributed by atoms with Crippen molar-refractivity contribution in [2.24, 2.45) is 0 Å². The number of para-hydroxylation sites is 1. The maximum absolute atomic E-state index is 11.8. The van der Waals surface area contributed by atoms with E-state index in [9.17, 15) is 4.79 Å². The predicted octanol–water partition coefficient (Wildman–Crippen LogP) is 3.55. The first kappa shape index (κ1) is 16.9. The second-order valence-corrected chi connectivity index (χ2v) is 6.36. The lowest BCUT2D eigenvalue weighted by Gasteiger charge is -2.05.